The van der Waals surface area contributed by atoms with Crippen LogP contribution in [-0.4, -0.2) is 27.1 Å². The third-order valence-corrected chi connectivity index (χ3v) is 3.97. The van der Waals surface area contributed by atoms with Crippen LogP contribution < -0.4 is 5.32 Å². The quantitative estimate of drug-likeness (QED) is 0.673. The van der Waals surface area contributed by atoms with Crippen LogP contribution in [0.25, 0.3) is 11.5 Å². The molecule has 0 spiro atoms. The van der Waals surface area contributed by atoms with Crippen LogP contribution in [0, 0.1) is 18.6 Å². The van der Waals surface area contributed by atoms with Crippen molar-refractivity contribution in [1.82, 2.24) is 15.5 Å². The van der Waals surface area contributed by atoms with Gasteiger partial charge < -0.3 is 14.9 Å². The highest BCUT2D eigenvalue weighted by molar-refractivity contribution is 5.91. The summed E-state index contributed by atoms with van der Waals surface area (Å²) in [7, 11) is 0. The van der Waals surface area contributed by atoms with Crippen molar-refractivity contribution in [2.75, 3.05) is 0 Å². The van der Waals surface area contributed by atoms with Crippen molar-refractivity contribution < 1.29 is 28.0 Å². The fraction of sp³-hybridized carbons (Fsp3) is 0.158. The highest BCUT2D eigenvalue weighted by Crippen LogP contribution is 2.23. The number of aromatic nitrogens is 2. The second-order valence-electron chi connectivity index (χ2n) is 6.06. The highest BCUT2D eigenvalue weighted by Gasteiger charge is 2.23. The van der Waals surface area contributed by atoms with E-state index in [1.165, 1.54) is 12.1 Å². The molecule has 0 unspecified atom stereocenters. The Hall–Kier alpha value is -3.62. The van der Waals surface area contributed by atoms with Crippen molar-refractivity contribution >= 4 is 11.9 Å². The first-order valence-electron chi connectivity index (χ1n) is 8.22. The molecule has 0 aliphatic rings. The van der Waals surface area contributed by atoms with Gasteiger partial charge in [-0.2, -0.15) is 4.98 Å². The molecule has 2 N–H and O–H groups in total. The minimum atomic E-state index is -1.18. The number of aliphatic carboxylic acids is 1. The molecule has 1 aromatic heterocycles. The lowest BCUT2D eigenvalue weighted by Crippen LogP contribution is -2.31. The number of rotatable bonds is 6. The van der Waals surface area contributed by atoms with Gasteiger partial charge in [-0.3, -0.25) is 9.59 Å². The Kier molecular flexibility index (Phi) is 5.44. The molecule has 7 nitrogen and oxygen atoms in total. The molecule has 3 rings (SSSR count). The van der Waals surface area contributed by atoms with E-state index in [9.17, 15) is 18.4 Å². The van der Waals surface area contributed by atoms with Crippen LogP contribution in [-0.2, 0) is 4.79 Å². The first-order valence-corrected chi connectivity index (χ1v) is 8.22. The van der Waals surface area contributed by atoms with E-state index in [1.807, 2.05) is 6.92 Å². The summed E-state index contributed by atoms with van der Waals surface area (Å²) in [5.41, 5.74) is 1.28. The zero-order chi connectivity index (χ0) is 20.3. The summed E-state index contributed by atoms with van der Waals surface area (Å²) in [6, 6.07) is 9.57. The van der Waals surface area contributed by atoms with Crippen LogP contribution in [0.2, 0.25) is 0 Å². The van der Waals surface area contributed by atoms with Crippen LogP contribution in [0.5, 0.6) is 0 Å². The maximum absolute atomic E-state index is 13.8. The standard InChI is InChI=1S/C19H15F2N3O4/c1-10-5-7-11(8-6-10)14(9-15(25)26)22-18(27)17-23-19(28-24-17)12-3-2-4-13(20)16(12)21/h2-8,14H,9H2,1H3,(H,22,27)(H,25,26)/t14-/m0/s1. The molecule has 0 saturated carbocycles. The zero-order valence-electron chi connectivity index (χ0n) is 14.6. The van der Waals surface area contributed by atoms with Crippen molar-refractivity contribution in [3.63, 3.8) is 0 Å². The number of hydrogen-bond donors (Lipinski definition) is 2. The van der Waals surface area contributed by atoms with Gasteiger partial charge in [0.05, 0.1) is 18.0 Å². The molecule has 2 aromatic carbocycles. The van der Waals surface area contributed by atoms with E-state index in [2.05, 4.69) is 15.5 Å². The Morgan fingerprint density at radius 1 is 1.18 bits per heavy atom. The predicted octanol–water partition coefficient (Wildman–Crippen LogP) is 3.27. The number of aryl methyl sites for hydroxylation is 1. The Bertz CT molecular complexity index is 1020. The summed E-state index contributed by atoms with van der Waals surface area (Å²) in [6.07, 6.45) is -0.363. The number of carboxylic acid groups (broad SMARTS) is 1. The molecular formula is C19H15F2N3O4. The predicted molar refractivity (Wildman–Crippen MR) is 93.3 cm³/mol. The van der Waals surface area contributed by atoms with Crippen LogP contribution in [0.1, 0.15) is 34.2 Å². The number of nitrogens with one attached hydrogen (secondary N) is 1. The Labute approximate surface area is 158 Å². The summed E-state index contributed by atoms with van der Waals surface area (Å²) < 4.78 is 32.0. The first kappa shape index (κ1) is 19.2. The van der Waals surface area contributed by atoms with Gasteiger partial charge in [-0.05, 0) is 24.6 Å². The van der Waals surface area contributed by atoms with Crippen LogP contribution in [0.4, 0.5) is 8.78 Å². The molecule has 0 aliphatic carbocycles. The Morgan fingerprint density at radius 2 is 1.89 bits per heavy atom. The van der Waals surface area contributed by atoms with E-state index in [0.29, 0.717) is 5.56 Å². The summed E-state index contributed by atoms with van der Waals surface area (Å²) in [5, 5.41) is 15.1. The fourth-order valence-electron chi connectivity index (χ4n) is 2.54. The molecule has 9 heteroatoms. The lowest BCUT2D eigenvalue weighted by atomic mass is 10.0. The SMILES string of the molecule is Cc1ccc([C@H](CC(=O)O)NC(=O)c2noc(-c3cccc(F)c3F)n2)cc1. The molecule has 3 aromatic rings. The number of benzene rings is 2. The molecule has 0 aliphatic heterocycles. The normalized spacial score (nSPS) is 11.8. The minimum Gasteiger partial charge on any atom is -0.481 e. The third kappa shape index (κ3) is 4.20. The van der Waals surface area contributed by atoms with Crippen molar-refractivity contribution in [2.24, 2.45) is 0 Å². The van der Waals surface area contributed by atoms with Gasteiger partial charge in [-0.15, -0.1) is 0 Å². The average Bonchev–Trinajstić information content (AvgIpc) is 3.14. The van der Waals surface area contributed by atoms with E-state index >= 15 is 0 Å². The summed E-state index contributed by atoms with van der Waals surface area (Å²) in [4.78, 5) is 27.3. The van der Waals surface area contributed by atoms with Gasteiger partial charge >= 0.3 is 5.97 Å². The number of carbonyl (C=O) groups is 2. The molecule has 0 radical (unpaired) electrons. The number of amides is 1. The van der Waals surface area contributed by atoms with Crippen molar-refractivity contribution in [3.8, 4) is 11.5 Å². The van der Waals surface area contributed by atoms with E-state index in [0.717, 1.165) is 11.6 Å². The van der Waals surface area contributed by atoms with Crippen molar-refractivity contribution in [2.45, 2.75) is 19.4 Å². The van der Waals surface area contributed by atoms with Gasteiger partial charge in [0, 0.05) is 0 Å². The van der Waals surface area contributed by atoms with Crippen molar-refractivity contribution in [1.29, 1.82) is 0 Å². The lowest BCUT2D eigenvalue weighted by Gasteiger charge is -2.16. The number of carboxylic acids is 1. The van der Waals surface area contributed by atoms with Crippen LogP contribution in [0.15, 0.2) is 47.0 Å². The summed E-state index contributed by atoms with van der Waals surface area (Å²) >= 11 is 0. The molecular weight excluding hydrogens is 372 g/mol. The van der Waals surface area contributed by atoms with Crippen molar-refractivity contribution in [3.05, 3.63) is 71.1 Å². The zero-order valence-corrected chi connectivity index (χ0v) is 14.6. The Morgan fingerprint density at radius 3 is 2.57 bits per heavy atom. The minimum absolute atomic E-state index is 0.285. The number of nitrogens with zero attached hydrogens (tertiary/aromatic N) is 2. The highest BCUT2D eigenvalue weighted by atomic mass is 19.2. The van der Waals surface area contributed by atoms with Gasteiger partial charge in [-0.25, -0.2) is 8.78 Å². The molecule has 1 atom stereocenters. The fourth-order valence-corrected chi connectivity index (χ4v) is 2.54. The first-order chi connectivity index (χ1) is 13.3. The molecule has 28 heavy (non-hydrogen) atoms. The van der Waals surface area contributed by atoms with E-state index in [4.69, 9.17) is 9.63 Å². The monoisotopic (exact) mass is 387 g/mol. The number of halogens is 2. The van der Waals surface area contributed by atoms with Crippen LogP contribution in [0.3, 0.4) is 0 Å². The molecule has 0 fully saturated rings. The molecule has 0 saturated heterocycles. The van der Waals surface area contributed by atoms with E-state index in [1.54, 1.807) is 24.3 Å². The largest absolute Gasteiger partial charge is 0.481 e. The third-order valence-electron chi connectivity index (χ3n) is 3.97. The van der Waals surface area contributed by atoms with Crippen LogP contribution >= 0.6 is 0 Å². The lowest BCUT2D eigenvalue weighted by molar-refractivity contribution is -0.137. The molecule has 1 heterocycles. The number of carbonyl (C=O) groups excluding carboxylic acids is 1. The topological polar surface area (TPSA) is 105 Å². The second kappa shape index (κ2) is 7.95. The van der Waals surface area contributed by atoms with Gasteiger partial charge in [0.1, 0.15) is 0 Å². The summed E-state index contributed by atoms with van der Waals surface area (Å²) in [5.74, 6) is -4.99. The molecule has 0 bridgehead atoms. The van der Waals surface area contributed by atoms with E-state index < -0.39 is 35.4 Å². The molecule has 144 valence electrons. The number of hydrogen-bond acceptors (Lipinski definition) is 5. The van der Waals surface area contributed by atoms with Gasteiger partial charge in [0.25, 0.3) is 17.6 Å². The maximum atomic E-state index is 13.8. The Balaban J connectivity index is 1.82. The van der Waals surface area contributed by atoms with Gasteiger partial charge in [-0.1, -0.05) is 41.1 Å². The second-order valence-corrected chi connectivity index (χ2v) is 6.06. The van der Waals surface area contributed by atoms with E-state index in [-0.39, 0.29) is 17.9 Å². The van der Waals surface area contributed by atoms with Gasteiger partial charge in [0.2, 0.25) is 0 Å². The average molecular weight is 387 g/mol. The molecule has 1 amide bonds. The van der Waals surface area contributed by atoms with Gasteiger partial charge in [0.15, 0.2) is 11.6 Å². The maximum Gasteiger partial charge on any atom is 0.305 e. The summed E-state index contributed by atoms with van der Waals surface area (Å²) in [6.45, 7) is 1.88. The smallest absolute Gasteiger partial charge is 0.305 e.